The van der Waals surface area contributed by atoms with E-state index in [0.29, 0.717) is 0 Å². The molecule has 0 fully saturated rings. The maximum Gasteiger partial charge on any atom is 0.0795 e. The molecule has 0 N–H and O–H groups in total. The first kappa shape index (κ1) is 27.4. The van der Waals surface area contributed by atoms with Crippen molar-refractivity contribution in [2.75, 3.05) is 0 Å². The van der Waals surface area contributed by atoms with Crippen LogP contribution in [0.15, 0.2) is 116 Å². The number of aromatic nitrogens is 2. The van der Waals surface area contributed by atoms with E-state index in [4.69, 9.17) is 0 Å². The molecule has 0 aliphatic heterocycles. The van der Waals surface area contributed by atoms with Crippen molar-refractivity contribution in [1.29, 1.82) is 0 Å². The van der Waals surface area contributed by atoms with Crippen LogP contribution in [-0.4, -0.2) is 18.0 Å². The minimum absolute atomic E-state index is 0. The maximum atomic E-state index is 4.67. The molecule has 2 aromatic heterocycles. The van der Waals surface area contributed by atoms with Gasteiger partial charge in [0, 0.05) is 32.5 Å². The Hall–Kier alpha value is -3.17. The maximum absolute atomic E-state index is 4.67. The van der Waals surface area contributed by atoms with Crippen molar-refractivity contribution in [2.45, 2.75) is 26.1 Å². The molecule has 5 rings (SSSR count). The minimum Gasteiger partial charge on any atom is -0.305 e. The summed E-state index contributed by atoms with van der Waals surface area (Å²) >= 11 is 0. The van der Waals surface area contributed by atoms with Crippen LogP contribution in [0.2, 0.25) is 19.6 Å². The zero-order chi connectivity index (χ0) is 24.5. The molecule has 0 saturated carbocycles. The number of rotatable bonds is 5. The second-order valence-corrected chi connectivity index (χ2v) is 14.5. The van der Waals surface area contributed by atoms with Crippen molar-refractivity contribution in [1.82, 2.24) is 9.97 Å². The molecule has 36 heavy (non-hydrogen) atoms. The average Bonchev–Trinajstić information content (AvgIpc) is 2.90. The van der Waals surface area contributed by atoms with Crippen LogP contribution in [0.25, 0.3) is 22.5 Å². The molecule has 183 valence electrons. The number of benzene rings is 3. The van der Waals surface area contributed by atoms with Gasteiger partial charge in [0.05, 0.1) is 8.07 Å². The number of hydrogen-bond donors (Lipinski definition) is 0. The van der Waals surface area contributed by atoms with Gasteiger partial charge in [-0.1, -0.05) is 74.2 Å². The second-order valence-electron chi connectivity index (χ2n) is 9.45. The van der Waals surface area contributed by atoms with Gasteiger partial charge in [-0.15, -0.1) is 71.3 Å². The summed E-state index contributed by atoms with van der Waals surface area (Å²) in [5.41, 5.74) is 6.70. The van der Waals surface area contributed by atoms with Crippen LogP contribution >= 0.6 is 0 Å². The third-order valence-electron chi connectivity index (χ3n) is 5.67. The van der Waals surface area contributed by atoms with Gasteiger partial charge in [0.15, 0.2) is 0 Å². The largest absolute Gasteiger partial charge is 0.305 e. The Morgan fingerprint density at radius 1 is 0.639 bits per heavy atom. The summed E-state index contributed by atoms with van der Waals surface area (Å²) in [5, 5.41) is 1.39. The molecule has 2 heterocycles. The van der Waals surface area contributed by atoms with Gasteiger partial charge >= 0.3 is 0 Å². The zero-order valence-electron chi connectivity index (χ0n) is 20.9. The van der Waals surface area contributed by atoms with E-state index in [-0.39, 0.29) is 20.1 Å². The van der Waals surface area contributed by atoms with E-state index in [9.17, 15) is 0 Å². The van der Waals surface area contributed by atoms with E-state index in [0.717, 1.165) is 28.9 Å². The van der Waals surface area contributed by atoms with E-state index in [2.05, 4.69) is 96.3 Å². The van der Waals surface area contributed by atoms with Crippen molar-refractivity contribution in [3.05, 3.63) is 139 Å². The predicted molar refractivity (Wildman–Crippen MR) is 149 cm³/mol. The van der Waals surface area contributed by atoms with Crippen LogP contribution in [0.5, 0.6) is 0 Å². The van der Waals surface area contributed by atoms with E-state index in [1.807, 2.05) is 54.7 Å². The molecule has 1 radical (unpaired) electrons. The Bertz CT molecular complexity index is 1280. The third kappa shape index (κ3) is 7.92. The SMILES string of the molecule is C[Si](C)(C)c1ccc(-c2[c-]ccc(Cc3ccccc3)c2)nc1.[Ir].[c-]1ccccc1-c1ccccn1. The molecule has 2 nitrogen and oxygen atoms in total. The van der Waals surface area contributed by atoms with Crippen molar-refractivity contribution in [3.8, 4) is 22.5 Å². The fraction of sp³-hybridized carbons (Fsp3) is 0.125. The van der Waals surface area contributed by atoms with Crippen molar-refractivity contribution >= 4 is 13.3 Å². The normalized spacial score (nSPS) is 10.5. The molecule has 0 amide bonds. The molecule has 0 atom stereocenters. The van der Waals surface area contributed by atoms with Crippen LogP contribution in [-0.2, 0) is 26.5 Å². The van der Waals surface area contributed by atoms with Crippen molar-refractivity contribution in [3.63, 3.8) is 0 Å². The van der Waals surface area contributed by atoms with Gasteiger partial charge < -0.3 is 9.97 Å². The van der Waals surface area contributed by atoms with Crippen LogP contribution in [0.4, 0.5) is 0 Å². The van der Waals surface area contributed by atoms with Gasteiger partial charge in [0.1, 0.15) is 0 Å². The monoisotopic (exact) mass is 663 g/mol. The van der Waals surface area contributed by atoms with Gasteiger partial charge in [-0.25, -0.2) is 0 Å². The van der Waals surface area contributed by atoms with Gasteiger partial charge in [-0.05, 0) is 34.6 Å². The summed E-state index contributed by atoms with van der Waals surface area (Å²) in [6.07, 6.45) is 4.77. The second kappa shape index (κ2) is 13.2. The first-order chi connectivity index (χ1) is 17.0. The smallest absolute Gasteiger partial charge is 0.0795 e. The molecule has 0 bridgehead atoms. The molecule has 4 heteroatoms. The molecule has 3 aromatic carbocycles. The number of nitrogens with zero attached hydrogens (tertiary/aromatic N) is 2. The molecular formula is C32H30IrN2Si-2. The number of pyridine rings is 2. The van der Waals surface area contributed by atoms with E-state index < -0.39 is 8.07 Å². The quantitative estimate of drug-likeness (QED) is 0.147. The number of hydrogen-bond acceptors (Lipinski definition) is 2. The Kier molecular flexibility index (Phi) is 10.1. The fourth-order valence-corrected chi connectivity index (χ4v) is 4.71. The first-order valence-corrected chi connectivity index (χ1v) is 15.4. The average molecular weight is 663 g/mol. The molecule has 0 saturated heterocycles. The Morgan fingerprint density at radius 3 is 2.00 bits per heavy atom. The summed E-state index contributed by atoms with van der Waals surface area (Å²) < 4.78 is 0. The molecule has 0 aliphatic rings. The summed E-state index contributed by atoms with van der Waals surface area (Å²) in [7, 11) is -1.29. The van der Waals surface area contributed by atoms with Gasteiger partial charge in [-0.3, -0.25) is 0 Å². The topological polar surface area (TPSA) is 25.8 Å². The predicted octanol–water partition coefficient (Wildman–Crippen LogP) is 7.23. The standard InChI is InChI=1S/C21H22NSi.C11H8N.Ir/c1-23(2,3)20-12-13-21(22-16-20)19-11-7-10-18(15-19)14-17-8-5-4-6-9-17;1-2-6-10(7-3-1)11-8-4-5-9-12-11;/h4-10,12-13,15-16H,14H2,1-3H3;1-6,8-9H;/q2*-1;. The van der Waals surface area contributed by atoms with Gasteiger partial charge in [-0.2, -0.15) is 0 Å². The van der Waals surface area contributed by atoms with E-state index in [1.54, 1.807) is 6.20 Å². The van der Waals surface area contributed by atoms with Crippen molar-refractivity contribution < 1.29 is 20.1 Å². The van der Waals surface area contributed by atoms with Crippen LogP contribution < -0.4 is 5.19 Å². The van der Waals surface area contributed by atoms with Gasteiger partial charge in [0.25, 0.3) is 0 Å². The van der Waals surface area contributed by atoms with Crippen LogP contribution in [0, 0.1) is 12.1 Å². The van der Waals surface area contributed by atoms with Crippen molar-refractivity contribution in [2.24, 2.45) is 0 Å². The van der Waals surface area contributed by atoms with E-state index >= 15 is 0 Å². The van der Waals surface area contributed by atoms with Crippen LogP contribution in [0.3, 0.4) is 0 Å². The van der Waals surface area contributed by atoms with Gasteiger partial charge in [0.2, 0.25) is 0 Å². The molecular weight excluding hydrogens is 633 g/mol. The summed E-state index contributed by atoms with van der Waals surface area (Å²) in [6, 6.07) is 41.4. The van der Waals surface area contributed by atoms with E-state index in [1.165, 1.54) is 16.3 Å². The fourth-order valence-electron chi connectivity index (χ4n) is 3.67. The zero-order valence-corrected chi connectivity index (χ0v) is 24.3. The first-order valence-electron chi connectivity index (χ1n) is 11.9. The minimum atomic E-state index is -1.29. The summed E-state index contributed by atoms with van der Waals surface area (Å²) in [6.45, 7) is 7.03. The molecule has 5 aromatic rings. The Labute approximate surface area is 229 Å². The third-order valence-corrected chi connectivity index (χ3v) is 7.70. The molecule has 0 aliphatic carbocycles. The molecule has 0 spiro atoms. The Balaban J connectivity index is 0.000000234. The van der Waals surface area contributed by atoms with Crippen LogP contribution in [0.1, 0.15) is 11.1 Å². The molecule has 0 unspecified atom stereocenters. The summed E-state index contributed by atoms with van der Waals surface area (Å²) in [5.74, 6) is 0. The summed E-state index contributed by atoms with van der Waals surface area (Å²) in [4.78, 5) is 8.88. The Morgan fingerprint density at radius 2 is 1.36 bits per heavy atom.